The molecule has 2 heteroatoms. The topological polar surface area (TPSA) is 17.1 Å². The van der Waals surface area contributed by atoms with E-state index in [0.717, 1.165) is 21.6 Å². The van der Waals surface area contributed by atoms with Crippen molar-refractivity contribution >= 4 is 10.8 Å². The summed E-state index contributed by atoms with van der Waals surface area (Å²) < 4.78 is 13.3. The highest BCUT2D eigenvalue weighted by atomic mass is 32.2. The van der Waals surface area contributed by atoms with Crippen LogP contribution in [0.5, 0.6) is 0 Å². The molecule has 1 atom stereocenters. The second-order valence-corrected chi connectivity index (χ2v) is 6.77. The Bertz CT molecular complexity index is 726. The van der Waals surface area contributed by atoms with Gasteiger partial charge >= 0.3 is 0 Å². The second kappa shape index (κ2) is 6.71. The molecule has 0 aliphatic carbocycles. The monoisotopic (exact) mass is 306 g/mol. The summed E-state index contributed by atoms with van der Waals surface area (Å²) in [6, 6.07) is 28.1. The van der Waals surface area contributed by atoms with Crippen LogP contribution >= 0.6 is 0 Å². The van der Waals surface area contributed by atoms with Crippen molar-refractivity contribution in [3.8, 4) is 0 Å². The molecule has 0 N–H and O–H groups in total. The highest BCUT2D eigenvalue weighted by Gasteiger charge is 2.23. The lowest BCUT2D eigenvalue weighted by molar-refractivity contribution is 0.677. The average Bonchev–Trinajstić information content (AvgIpc) is 2.57. The summed E-state index contributed by atoms with van der Waals surface area (Å²) in [6.07, 6.45) is 0. The third kappa shape index (κ3) is 3.02. The van der Waals surface area contributed by atoms with Crippen molar-refractivity contribution in [2.24, 2.45) is 0 Å². The number of hydrogen-bond acceptors (Lipinski definition) is 1. The van der Waals surface area contributed by atoms with Gasteiger partial charge in [-0.25, -0.2) is 0 Å². The molecule has 0 bridgehead atoms. The molecule has 0 spiro atoms. The van der Waals surface area contributed by atoms with Crippen molar-refractivity contribution in [3.05, 3.63) is 102 Å². The molecule has 0 saturated carbocycles. The van der Waals surface area contributed by atoms with Crippen LogP contribution in [0.1, 0.15) is 21.9 Å². The Balaban J connectivity index is 2.11. The maximum Gasteiger partial charge on any atom is 0.0893 e. The molecule has 3 aromatic carbocycles. The van der Waals surface area contributed by atoms with E-state index in [2.05, 4.69) is 0 Å². The van der Waals surface area contributed by atoms with Crippen molar-refractivity contribution in [2.45, 2.75) is 17.1 Å². The zero-order chi connectivity index (χ0) is 15.4. The fourth-order valence-electron chi connectivity index (χ4n) is 2.60. The van der Waals surface area contributed by atoms with Gasteiger partial charge in [0.15, 0.2) is 0 Å². The van der Waals surface area contributed by atoms with Crippen molar-refractivity contribution < 1.29 is 4.21 Å². The first-order valence-corrected chi connectivity index (χ1v) is 8.55. The summed E-state index contributed by atoms with van der Waals surface area (Å²) in [6.45, 7) is 2.01. The van der Waals surface area contributed by atoms with Gasteiger partial charge in [0.2, 0.25) is 0 Å². The Morgan fingerprint density at radius 2 is 1.14 bits per heavy atom. The normalized spacial score (nSPS) is 12.3. The molecule has 1 nitrogen and oxygen atoms in total. The Labute approximate surface area is 134 Å². The summed E-state index contributed by atoms with van der Waals surface area (Å²) in [4.78, 5) is 0.903. The highest BCUT2D eigenvalue weighted by molar-refractivity contribution is 7.85. The summed E-state index contributed by atoms with van der Waals surface area (Å²) in [7, 11) is -1.13. The molecule has 3 rings (SSSR count). The maximum atomic E-state index is 13.3. The van der Waals surface area contributed by atoms with Crippen molar-refractivity contribution in [1.29, 1.82) is 0 Å². The van der Waals surface area contributed by atoms with E-state index < -0.39 is 10.8 Å². The Morgan fingerprint density at radius 1 is 0.682 bits per heavy atom. The van der Waals surface area contributed by atoms with E-state index in [1.54, 1.807) is 0 Å². The van der Waals surface area contributed by atoms with Gasteiger partial charge in [-0.3, -0.25) is 4.21 Å². The summed E-state index contributed by atoms with van der Waals surface area (Å²) in [5, 5.41) is -0.150. The predicted molar refractivity (Wildman–Crippen MR) is 92.3 cm³/mol. The van der Waals surface area contributed by atoms with E-state index >= 15 is 0 Å². The summed E-state index contributed by atoms with van der Waals surface area (Å²) >= 11 is 0. The Kier molecular flexibility index (Phi) is 4.50. The molecule has 22 heavy (non-hydrogen) atoms. The molecular formula is C20H18OS. The number of rotatable bonds is 4. The van der Waals surface area contributed by atoms with Crippen LogP contribution in [0.25, 0.3) is 0 Å². The maximum absolute atomic E-state index is 13.3. The lowest BCUT2D eigenvalue weighted by Gasteiger charge is -2.19. The van der Waals surface area contributed by atoms with Gasteiger partial charge < -0.3 is 0 Å². The van der Waals surface area contributed by atoms with Gasteiger partial charge in [-0.1, -0.05) is 78.9 Å². The van der Waals surface area contributed by atoms with E-state index in [0.29, 0.717) is 0 Å². The smallest absolute Gasteiger partial charge is 0.0893 e. The van der Waals surface area contributed by atoms with Crippen LogP contribution in [-0.2, 0) is 10.8 Å². The molecule has 0 unspecified atom stereocenters. The first-order chi connectivity index (χ1) is 10.8. The first-order valence-electron chi connectivity index (χ1n) is 7.33. The largest absolute Gasteiger partial charge is 0.253 e. The molecule has 3 aromatic rings. The lowest BCUT2D eigenvalue weighted by Crippen LogP contribution is -2.10. The number of benzene rings is 3. The van der Waals surface area contributed by atoms with Crippen molar-refractivity contribution in [1.82, 2.24) is 0 Å². The zero-order valence-corrected chi connectivity index (χ0v) is 13.3. The van der Waals surface area contributed by atoms with Crippen molar-refractivity contribution in [3.63, 3.8) is 0 Å². The fraction of sp³-hybridized carbons (Fsp3) is 0.100. The van der Waals surface area contributed by atoms with E-state index in [4.69, 9.17) is 0 Å². The zero-order valence-electron chi connectivity index (χ0n) is 12.5. The third-order valence-corrected chi connectivity index (χ3v) is 5.59. The minimum Gasteiger partial charge on any atom is -0.253 e. The number of hydrogen-bond donors (Lipinski definition) is 0. The van der Waals surface area contributed by atoms with Gasteiger partial charge in [-0.2, -0.15) is 0 Å². The van der Waals surface area contributed by atoms with E-state index in [-0.39, 0.29) is 5.25 Å². The van der Waals surface area contributed by atoms with E-state index in [9.17, 15) is 4.21 Å². The molecule has 110 valence electrons. The molecule has 0 aliphatic rings. The molecule has 0 aliphatic heterocycles. The highest BCUT2D eigenvalue weighted by Crippen LogP contribution is 2.32. The van der Waals surface area contributed by atoms with E-state index in [1.165, 1.54) is 0 Å². The predicted octanol–water partition coefficient (Wildman–Crippen LogP) is 4.89. The fourth-order valence-corrected chi connectivity index (χ4v) is 4.27. The second-order valence-electron chi connectivity index (χ2n) is 5.26. The molecule has 0 heterocycles. The quantitative estimate of drug-likeness (QED) is 0.670. The molecule has 0 saturated heterocycles. The van der Waals surface area contributed by atoms with Crippen LogP contribution in [-0.4, -0.2) is 4.21 Å². The molecule has 0 amide bonds. The van der Waals surface area contributed by atoms with Gasteiger partial charge in [0.05, 0.1) is 16.0 Å². The van der Waals surface area contributed by atoms with Crippen LogP contribution < -0.4 is 0 Å². The van der Waals surface area contributed by atoms with Crippen molar-refractivity contribution in [2.75, 3.05) is 0 Å². The van der Waals surface area contributed by atoms with Gasteiger partial charge in [0.25, 0.3) is 0 Å². The van der Waals surface area contributed by atoms with Gasteiger partial charge in [-0.15, -0.1) is 0 Å². The average molecular weight is 306 g/mol. The minimum absolute atomic E-state index is 0.150. The van der Waals surface area contributed by atoms with Gasteiger partial charge in [0.1, 0.15) is 0 Å². The Morgan fingerprint density at radius 3 is 1.64 bits per heavy atom. The minimum atomic E-state index is -1.13. The standard InChI is InChI=1S/C20H18OS/c1-16-10-8-9-15-19(16)22(21)20(17-11-4-2-5-12-17)18-13-6-3-7-14-18/h2-15,20H,1H3/t22-/m1/s1. The third-order valence-electron chi connectivity index (χ3n) is 3.73. The molecule has 0 radical (unpaired) electrons. The SMILES string of the molecule is Cc1ccccc1[S@@](=O)C(c1ccccc1)c1ccccc1. The first kappa shape index (κ1) is 14.7. The number of aryl methyl sites for hydroxylation is 1. The van der Waals surface area contributed by atoms with Crippen LogP contribution in [0.2, 0.25) is 0 Å². The van der Waals surface area contributed by atoms with Crippen LogP contribution in [0.3, 0.4) is 0 Å². The van der Waals surface area contributed by atoms with Crippen LogP contribution in [0, 0.1) is 6.92 Å². The molecule has 0 fully saturated rings. The van der Waals surface area contributed by atoms with Crippen LogP contribution in [0.4, 0.5) is 0 Å². The molecule has 0 aromatic heterocycles. The summed E-state index contributed by atoms with van der Waals surface area (Å²) in [5.74, 6) is 0. The summed E-state index contributed by atoms with van der Waals surface area (Å²) in [5.41, 5.74) is 3.23. The van der Waals surface area contributed by atoms with Gasteiger partial charge in [0, 0.05) is 4.90 Å². The van der Waals surface area contributed by atoms with E-state index in [1.807, 2.05) is 91.9 Å². The van der Waals surface area contributed by atoms with Gasteiger partial charge in [-0.05, 0) is 29.7 Å². The Hall–Kier alpha value is -2.19. The molecular weight excluding hydrogens is 288 g/mol. The lowest BCUT2D eigenvalue weighted by atomic mass is 10.0. The van der Waals surface area contributed by atoms with Crippen LogP contribution in [0.15, 0.2) is 89.8 Å².